The van der Waals surface area contributed by atoms with E-state index >= 15 is 0 Å². The van der Waals surface area contributed by atoms with Crippen molar-refractivity contribution in [3.8, 4) is 11.4 Å². The van der Waals surface area contributed by atoms with Gasteiger partial charge in [-0.05, 0) is 38.1 Å². The molecule has 0 aliphatic carbocycles. The zero-order chi connectivity index (χ0) is 13.1. The third-order valence-electron chi connectivity index (χ3n) is 3.33. The molecule has 0 bridgehead atoms. The fourth-order valence-corrected chi connectivity index (χ4v) is 1.95. The van der Waals surface area contributed by atoms with Crippen LogP contribution >= 0.6 is 0 Å². The summed E-state index contributed by atoms with van der Waals surface area (Å²) in [4.78, 5) is 0. The van der Waals surface area contributed by atoms with Crippen LogP contribution in [0.2, 0.25) is 0 Å². The quantitative estimate of drug-likeness (QED) is 0.892. The summed E-state index contributed by atoms with van der Waals surface area (Å²) in [5.41, 5.74) is 3.72. The monoisotopic (exact) mass is 244 g/mol. The van der Waals surface area contributed by atoms with Crippen LogP contribution in [0.15, 0.2) is 18.2 Å². The lowest BCUT2D eigenvalue weighted by molar-refractivity contribution is 0.718. The SMILES string of the molecule is CNCCc1nnc(-c2ccc(C)c(C)c2)n1C. The molecular weight excluding hydrogens is 224 g/mol. The number of aromatic nitrogens is 3. The predicted molar refractivity (Wildman–Crippen MR) is 73.5 cm³/mol. The highest BCUT2D eigenvalue weighted by molar-refractivity contribution is 5.57. The summed E-state index contributed by atoms with van der Waals surface area (Å²) in [6, 6.07) is 6.40. The van der Waals surface area contributed by atoms with Crippen LogP contribution in [0.5, 0.6) is 0 Å². The fourth-order valence-electron chi connectivity index (χ4n) is 1.95. The maximum atomic E-state index is 4.29. The molecule has 1 N–H and O–H groups in total. The maximum absolute atomic E-state index is 4.29. The van der Waals surface area contributed by atoms with Crippen LogP contribution < -0.4 is 5.32 Å². The van der Waals surface area contributed by atoms with Gasteiger partial charge in [-0.1, -0.05) is 12.1 Å². The Balaban J connectivity index is 2.33. The van der Waals surface area contributed by atoms with Crippen LogP contribution in [0, 0.1) is 13.8 Å². The van der Waals surface area contributed by atoms with Gasteiger partial charge in [-0.2, -0.15) is 0 Å². The summed E-state index contributed by atoms with van der Waals surface area (Å²) >= 11 is 0. The minimum Gasteiger partial charge on any atom is -0.319 e. The van der Waals surface area contributed by atoms with E-state index in [2.05, 4.69) is 52.1 Å². The van der Waals surface area contributed by atoms with Crippen LogP contribution in [-0.4, -0.2) is 28.4 Å². The standard InChI is InChI=1S/C14H20N4/c1-10-5-6-12(9-11(10)2)14-17-16-13(18(14)4)7-8-15-3/h5-6,9,15H,7-8H2,1-4H3. The van der Waals surface area contributed by atoms with Gasteiger partial charge in [0, 0.05) is 25.6 Å². The molecule has 0 unspecified atom stereocenters. The highest BCUT2D eigenvalue weighted by Gasteiger charge is 2.10. The van der Waals surface area contributed by atoms with Crippen molar-refractivity contribution in [1.29, 1.82) is 0 Å². The molecule has 1 heterocycles. The molecular formula is C14H20N4. The minimum atomic E-state index is 0.894. The second-order valence-electron chi connectivity index (χ2n) is 4.65. The lowest BCUT2D eigenvalue weighted by Gasteiger charge is -2.06. The van der Waals surface area contributed by atoms with Gasteiger partial charge in [-0.3, -0.25) is 0 Å². The van der Waals surface area contributed by atoms with E-state index in [1.165, 1.54) is 11.1 Å². The Morgan fingerprint density at radius 2 is 1.94 bits per heavy atom. The van der Waals surface area contributed by atoms with E-state index in [1.807, 2.05) is 14.1 Å². The molecule has 0 saturated heterocycles. The Morgan fingerprint density at radius 3 is 2.61 bits per heavy atom. The number of aryl methyl sites for hydroxylation is 2. The first-order valence-electron chi connectivity index (χ1n) is 6.24. The summed E-state index contributed by atoms with van der Waals surface area (Å²) in [6.07, 6.45) is 0.894. The highest BCUT2D eigenvalue weighted by atomic mass is 15.3. The Bertz CT molecular complexity index is 543. The van der Waals surface area contributed by atoms with E-state index in [0.717, 1.165) is 30.2 Å². The zero-order valence-electron chi connectivity index (χ0n) is 11.5. The number of rotatable bonds is 4. The summed E-state index contributed by atoms with van der Waals surface area (Å²) in [6.45, 7) is 5.16. The molecule has 1 aromatic carbocycles. The predicted octanol–water partition coefficient (Wildman–Crippen LogP) is 1.86. The molecule has 4 heteroatoms. The van der Waals surface area contributed by atoms with Crippen LogP contribution in [0.1, 0.15) is 17.0 Å². The average Bonchev–Trinajstić information content (AvgIpc) is 2.72. The lowest BCUT2D eigenvalue weighted by atomic mass is 10.1. The molecule has 0 radical (unpaired) electrons. The average molecular weight is 244 g/mol. The van der Waals surface area contributed by atoms with Gasteiger partial charge in [0.2, 0.25) is 0 Å². The van der Waals surface area contributed by atoms with Gasteiger partial charge in [0.05, 0.1) is 0 Å². The number of nitrogens with one attached hydrogen (secondary N) is 1. The van der Waals surface area contributed by atoms with Crippen molar-refractivity contribution in [2.24, 2.45) is 7.05 Å². The van der Waals surface area contributed by atoms with Crippen molar-refractivity contribution >= 4 is 0 Å². The first-order chi connectivity index (χ1) is 8.63. The van der Waals surface area contributed by atoms with Crippen molar-refractivity contribution in [3.05, 3.63) is 35.2 Å². The smallest absolute Gasteiger partial charge is 0.163 e. The van der Waals surface area contributed by atoms with E-state index < -0.39 is 0 Å². The van der Waals surface area contributed by atoms with Gasteiger partial charge in [0.15, 0.2) is 5.82 Å². The molecule has 2 rings (SSSR count). The van der Waals surface area contributed by atoms with Gasteiger partial charge in [-0.25, -0.2) is 0 Å². The molecule has 0 aliphatic rings. The van der Waals surface area contributed by atoms with E-state index in [4.69, 9.17) is 0 Å². The lowest BCUT2D eigenvalue weighted by Crippen LogP contribution is -2.13. The van der Waals surface area contributed by atoms with Gasteiger partial charge < -0.3 is 9.88 Å². The van der Waals surface area contributed by atoms with E-state index in [9.17, 15) is 0 Å². The normalized spacial score (nSPS) is 10.9. The Hall–Kier alpha value is -1.68. The minimum absolute atomic E-state index is 0.894. The Morgan fingerprint density at radius 1 is 1.17 bits per heavy atom. The van der Waals surface area contributed by atoms with Crippen LogP contribution in [0.4, 0.5) is 0 Å². The largest absolute Gasteiger partial charge is 0.319 e. The summed E-state index contributed by atoms with van der Waals surface area (Å²) in [5, 5.41) is 11.7. The van der Waals surface area contributed by atoms with Crippen LogP contribution in [0.3, 0.4) is 0 Å². The van der Waals surface area contributed by atoms with E-state index in [0.29, 0.717) is 0 Å². The molecule has 0 fully saturated rings. The van der Waals surface area contributed by atoms with Gasteiger partial charge >= 0.3 is 0 Å². The molecule has 2 aromatic rings. The first-order valence-corrected chi connectivity index (χ1v) is 6.24. The number of likely N-dealkylation sites (N-methyl/N-ethyl adjacent to an activating group) is 1. The zero-order valence-corrected chi connectivity index (χ0v) is 11.5. The molecule has 4 nitrogen and oxygen atoms in total. The summed E-state index contributed by atoms with van der Waals surface area (Å²) in [7, 11) is 3.97. The van der Waals surface area contributed by atoms with Crippen LogP contribution in [-0.2, 0) is 13.5 Å². The van der Waals surface area contributed by atoms with Gasteiger partial charge in [0.1, 0.15) is 5.82 Å². The molecule has 96 valence electrons. The topological polar surface area (TPSA) is 42.7 Å². The molecule has 0 amide bonds. The molecule has 0 aliphatic heterocycles. The number of hydrogen-bond donors (Lipinski definition) is 1. The van der Waals surface area contributed by atoms with E-state index in [1.54, 1.807) is 0 Å². The third-order valence-corrected chi connectivity index (χ3v) is 3.33. The Labute approximate surface area is 108 Å². The van der Waals surface area contributed by atoms with Gasteiger partial charge in [-0.15, -0.1) is 10.2 Å². The highest BCUT2D eigenvalue weighted by Crippen LogP contribution is 2.20. The van der Waals surface area contributed by atoms with Gasteiger partial charge in [0.25, 0.3) is 0 Å². The fraction of sp³-hybridized carbons (Fsp3) is 0.429. The Kier molecular flexibility index (Phi) is 3.77. The summed E-state index contributed by atoms with van der Waals surface area (Å²) in [5.74, 6) is 1.95. The third kappa shape index (κ3) is 2.43. The number of nitrogens with zero attached hydrogens (tertiary/aromatic N) is 3. The second-order valence-corrected chi connectivity index (χ2v) is 4.65. The number of benzene rings is 1. The second kappa shape index (κ2) is 5.31. The molecule has 18 heavy (non-hydrogen) atoms. The first kappa shape index (κ1) is 12.8. The number of hydrogen-bond acceptors (Lipinski definition) is 3. The van der Waals surface area contributed by atoms with Crippen molar-refractivity contribution in [2.45, 2.75) is 20.3 Å². The van der Waals surface area contributed by atoms with E-state index in [-0.39, 0.29) is 0 Å². The van der Waals surface area contributed by atoms with Crippen LogP contribution in [0.25, 0.3) is 11.4 Å². The van der Waals surface area contributed by atoms with Crippen molar-refractivity contribution in [3.63, 3.8) is 0 Å². The van der Waals surface area contributed by atoms with Crippen molar-refractivity contribution in [2.75, 3.05) is 13.6 Å². The molecule has 0 spiro atoms. The molecule has 0 atom stereocenters. The van der Waals surface area contributed by atoms with Crippen molar-refractivity contribution in [1.82, 2.24) is 20.1 Å². The summed E-state index contributed by atoms with van der Waals surface area (Å²) < 4.78 is 2.07. The molecule has 1 aromatic heterocycles. The maximum Gasteiger partial charge on any atom is 0.163 e. The molecule has 0 saturated carbocycles. The van der Waals surface area contributed by atoms with Crippen molar-refractivity contribution < 1.29 is 0 Å².